The lowest BCUT2D eigenvalue weighted by Gasteiger charge is -2.40. The lowest BCUT2D eigenvalue weighted by Crippen LogP contribution is -2.51. The van der Waals surface area contributed by atoms with Gasteiger partial charge in [-0.2, -0.15) is 4.31 Å². The number of hydrogen-bond donors (Lipinski definition) is 0. The number of piperazine rings is 1. The van der Waals surface area contributed by atoms with Crippen LogP contribution in [0.1, 0.15) is 17.9 Å². The molecule has 0 saturated carbocycles. The van der Waals surface area contributed by atoms with E-state index >= 15 is 0 Å². The molecule has 0 aliphatic carbocycles. The van der Waals surface area contributed by atoms with Gasteiger partial charge in [-0.3, -0.25) is 4.90 Å². The standard InChI is InChI=1S/C24H30F2N4O2S/c1-33(31,32)29-14-12-27(13-15-29)10-11-28-9-8-24-22(17-28)21-16-19(26)4-7-23(21)30(24)20-5-2-18(25)3-6-20/h2-7,16,22,24H,8-15,17H2,1H3. The first-order chi connectivity index (χ1) is 15.8. The summed E-state index contributed by atoms with van der Waals surface area (Å²) >= 11 is 0. The van der Waals surface area contributed by atoms with Crippen molar-refractivity contribution in [2.45, 2.75) is 18.4 Å². The smallest absolute Gasteiger partial charge is 0.211 e. The average molecular weight is 477 g/mol. The fraction of sp³-hybridized carbons (Fsp3) is 0.500. The van der Waals surface area contributed by atoms with Gasteiger partial charge in [0.1, 0.15) is 11.6 Å². The van der Waals surface area contributed by atoms with Gasteiger partial charge in [-0.15, -0.1) is 0 Å². The van der Waals surface area contributed by atoms with Gasteiger partial charge in [0.15, 0.2) is 0 Å². The Morgan fingerprint density at radius 1 is 0.879 bits per heavy atom. The minimum absolute atomic E-state index is 0.191. The molecular formula is C24H30F2N4O2S. The van der Waals surface area contributed by atoms with E-state index in [-0.39, 0.29) is 23.6 Å². The van der Waals surface area contributed by atoms with E-state index < -0.39 is 10.0 Å². The summed E-state index contributed by atoms with van der Waals surface area (Å²) in [5.41, 5.74) is 2.97. The van der Waals surface area contributed by atoms with E-state index in [2.05, 4.69) is 14.7 Å². The maximum absolute atomic E-state index is 14.2. The molecule has 0 amide bonds. The second-order valence-electron chi connectivity index (χ2n) is 9.32. The summed E-state index contributed by atoms with van der Waals surface area (Å²) in [5, 5.41) is 0. The number of halogens is 2. The number of fused-ring (bicyclic) bond motifs is 3. The second-order valence-corrected chi connectivity index (χ2v) is 11.3. The highest BCUT2D eigenvalue weighted by Gasteiger charge is 2.42. The van der Waals surface area contributed by atoms with Crippen molar-refractivity contribution in [3.8, 4) is 0 Å². The Balaban J connectivity index is 1.26. The van der Waals surface area contributed by atoms with Gasteiger partial charge in [0.05, 0.1) is 6.26 Å². The quantitative estimate of drug-likeness (QED) is 0.664. The lowest BCUT2D eigenvalue weighted by molar-refractivity contribution is 0.139. The molecule has 2 atom stereocenters. The summed E-state index contributed by atoms with van der Waals surface area (Å²) in [6.45, 7) is 6.18. The van der Waals surface area contributed by atoms with Crippen LogP contribution in [-0.2, 0) is 10.0 Å². The first kappa shape index (κ1) is 22.7. The third kappa shape index (κ3) is 4.64. The zero-order valence-corrected chi connectivity index (χ0v) is 19.6. The van der Waals surface area contributed by atoms with Crippen molar-refractivity contribution in [1.29, 1.82) is 0 Å². The van der Waals surface area contributed by atoms with Gasteiger partial charge in [0.2, 0.25) is 10.0 Å². The number of benzene rings is 2. The van der Waals surface area contributed by atoms with E-state index in [0.717, 1.165) is 62.6 Å². The van der Waals surface area contributed by atoms with Crippen molar-refractivity contribution in [1.82, 2.24) is 14.1 Å². The van der Waals surface area contributed by atoms with Crippen molar-refractivity contribution in [2.75, 3.05) is 63.5 Å². The third-order valence-electron chi connectivity index (χ3n) is 7.28. The average Bonchev–Trinajstić information content (AvgIpc) is 3.11. The fourth-order valence-corrected chi connectivity index (χ4v) is 6.37. The Bertz CT molecular complexity index is 1100. The van der Waals surface area contributed by atoms with E-state index in [9.17, 15) is 17.2 Å². The first-order valence-electron chi connectivity index (χ1n) is 11.5. The zero-order chi connectivity index (χ0) is 23.2. The predicted octanol–water partition coefficient (Wildman–Crippen LogP) is 2.85. The fourth-order valence-electron chi connectivity index (χ4n) is 5.55. The van der Waals surface area contributed by atoms with Crippen molar-refractivity contribution >= 4 is 21.4 Å². The van der Waals surface area contributed by atoms with Gasteiger partial charge in [-0.1, -0.05) is 0 Å². The molecule has 6 nitrogen and oxygen atoms in total. The number of anilines is 2. The molecule has 3 aliphatic heterocycles. The summed E-state index contributed by atoms with van der Waals surface area (Å²) in [6.07, 6.45) is 2.21. The maximum Gasteiger partial charge on any atom is 0.211 e. The number of sulfonamides is 1. The van der Waals surface area contributed by atoms with E-state index in [1.54, 1.807) is 22.5 Å². The topological polar surface area (TPSA) is 47.1 Å². The monoisotopic (exact) mass is 476 g/mol. The normalized spacial score (nSPS) is 24.6. The van der Waals surface area contributed by atoms with E-state index in [1.165, 1.54) is 24.5 Å². The van der Waals surface area contributed by atoms with Gasteiger partial charge in [0.25, 0.3) is 0 Å². The van der Waals surface area contributed by atoms with Gasteiger partial charge < -0.3 is 9.80 Å². The summed E-state index contributed by atoms with van der Waals surface area (Å²) in [7, 11) is -3.12. The highest BCUT2D eigenvalue weighted by Crippen LogP contribution is 2.48. The van der Waals surface area contributed by atoms with E-state index in [4.69, 9.17) is 0 Å². The lowest BCUT2D eigenvalue weighted by atomic mass is 9.89. The molecule has 3 heterocycles. The Morgan fingerprint density at radius 2 is 1.55 bits per heavy atom. The van der Waals surface area contributed by atoms with Crippen LogP contribution >= 0.6 is 0 Å². The molecule has 0 bridgehead atoms. The SMILES string of the molecule is CS(=O)(=O)N1CCN(CCN2CCC3C(C2)c2cc(F)ccc2N3c2ccc(F)cc2)CC1. The highest BCUT2D eigenvalue weighted by atomic mass is 32.2. The van der Waals surface area contributed by atoms with Crippen LogP contribution in [-0.4, -0.2) is 87.2 Å². The second kappa shape index (κ2) is 8.94. The van der Waals surface area contributed by atoms with Crippen molar-refractivity contribution < 1.29 is 17.2 Å². The molecule has 9 heteroatoms. The molecular weight excluding hydrogens is 446 g/mol. The molecule has 2 aromatic rings. The minimum Gasteiger partial charge on any atom is -0.337 e. The molecule has 0 radical (unpaired) electrons. The predicted molar refractivity (Wildman–Crippen MR) is 125 cm³/mol. The summed E-state index contributed by atoms with van der Waals surface area (Å²) < 4.78 is 52.7. The van der Waals surface area contributed by atoms with E-state index in [1.807, 2.05) is 6.07 Å². The first-order valence-corrected chi connectivity index (χ1v) is 13.4. The number of hydrogen-bond acceptors (Lipinski definition) is 5. The van der Waals surface area contributed by atoms with Gasteiger partial charge in [-0.25, -0.2) is 17.2 Å². The summed E-state index contributed by atoms with van der Waals surface area (Å²) in [5.74, 6) is -0.299. The molecule has 33 heavy (non-hydrogen) atoms. The van der Waals surface area contributed by atoms with Crippen LogP contribution in [0.4, 0.5) is 20.2 Å². The maximum atomic E-state index is 14.2. The van der Waals surface area contributed by atoms with Crippen LogP contribution in [0.2, 0.25) is 0 Å². The molecule has 2 saturated heterocycles. The van der Waals surface area contributed by atoms with Crippen molar-refractivity contribution in [3.05, 3.63) is 59.7 Å². The molecule has 2 aromatic carbocycles. The minimum atomic E-state index is -3.12. The molecule has 2 unspecified atom stereocenters. The zero-order valence-electron chi connectivity index (χ0n) is 18.8. The summed E-state index contributed by atoms with van der Waals surface area (Å²) in [6, 6.07) is 11.8. The van der Waals surface area contributed by atoms with Gasteiger partial charge in [0, 0.05) is 75.7 Å². The Hall–Kier alpha value is -2.07. The third-order valence-corrected chi connectivity index (χ3v) is 8.58. The number of nitrogens with zero attached hydrogens (tertiary/aromatic N) is 4. The Kier molecular flexibility index (Phi) is 6.15. The number of rotatable bonds is 5. The molecule has 0 N–H and O–H groups in total. The van der Waals surface area contributed by atoms with Crippen LogP contribution < -0.4 is 4.90 Å². The van der Waals surface area contributed by atoms with Crippen molar-refractivity contribution in [2.24, 2.45) is 0 Å². The van der Waals surface area contributed by atoms with Gasteiger partial charge >= 0.3 is 0 Å². The number of likely N-dealkylation sites (tertiary alicyclic amines) is 1. The molecule has 178 valence electrons. The molecule has 0 aromatic heterocycles. The highest BCUT2D eigenvalue weighted by molar-refractivity contribution is 7.88. The molecule has 2 fully saturated rings. The number of piperidine rings is 1. The van der Waals surface area contributed by atoms with Crippen LogP contribution in [0.5, 0.6) is 0 Å². The molecule has 5 rings (SSSR count). The van der Waals surface area contributed by atoms with Crippen LogP contribution in [0.3, 0.4) is 0 Å². The van der Waals surface area contributed by atoms with Crippen LogP contribution in [0, 0.1) is 11.6 Å². The summed E-state index contributed by atoms with van der Waals surface area (Å²) in [4.78, 5) is 7.01. The van der Waals surface area contributed by atoms with Crippen LogP contribution in [0.25, 0.3) is 0 Å². The van der Waals surface area contributed by atoms with E-state index in [0.29, 0.717) is 13.1 Å². The Morgan fingerprint density at radius 3 is 2.24 bits per heavy atom. The largest absolute Gasteiger partial charge is 0.337 e. The Labute approximate surface area is 194 Å². The van der Waals surface area contributed by atoms with Crippen molar-refractivity contribution in [3.63, 3.8) is 0 Å². The molecule has 0 spiro atoms. The van der Waals surface area contributed by atoms with Crippen LogP contribution in [0.15, 0.2) is 42.5 Å². The molecule has 3 aliphatic rings. The van der Waals surface area contributed by atoms with Gasteiger partial charge in [-0.05, 0) is 54.4 Å².